The maximum atomic E-state index is 11.0. The number of benzene rings is 1. The molecule has 0 fully saturated rings. The first-order valence-corrected chi connectivity index (χ1v) is 5.57. The van der Waals surface area contributed by atoms with Crippen LogP contribution in [-0.2, 0) is 0 Å². The molecule has 2 heterocycles. The van der Waals surface area contributed by atoms with Gasteiger partial charge in [0.2, 0.25) is 6.79 Å². The van der Waals surface area contributed by atoms with Crippen molar-refractivity contribution in [3.05, 3.63) is 28.4 Å². The molecule has 2 aromatic rings. The molecule has 1 aliphatic rings. The van der Waals surface area contributed by atoms with Gasteiger partial charge in [-0.3, -0.25) is 4.98 Å². The lowest BCUT2D eigenvalue weighted by molar-refractivity contribution is 0.0695. The van der Waals surface area contributed by atoms with Crippen LogP contribution in [0.2, 0.25) is 0 Å². The fraction of sp³-hybridized carbons (Fsp3) is 0.0909. The summed E-state index contributed by atoms with van der Waals surface area (Å²) in [5.74, 6) is 0.200. The van der Waals surface area contributed by atoms with E-state index in [4.69, 9.17) is 14.6 Å². The minimum atomic E-state index is -1.02. The van der Waals surface area contributed by atoms with Gasteiger partial charge in [-0.2, -0.15) is 0 Å². The highest BCUT2D eigenvalue weighted by molar-refractivity contribution is 9.10. The zero-order chi connectivity index (χ0) is 12.0. The molecule has 0 amide bonds. The first-order chi connectivity index (χ1) is 8.16. The number of pyridine rings is 1. The molecule has 0 saturated carbocycles. The van der Waals surface area contributed by atoms with Gasteiger partial charge in [-0.25, -0.2) is 4.79 Å². The van der Waals surface area contributed by atoms with E-state index in [1.54, 1.807) is 12.1 Å². The van der Waals surface area contributed by atoms with E-state index in [0.717, 1.165) is 0 Å². The number of nitrogens with zero attached hydrogens (tertiary/aromatic N) is 1. The van der Waals surface area contributed by atoms with Crippen LogP contribution in [0.1, 0.15) is 10.4 Å². The molecule has 6 heteroatoms. The summed E-state index contributed by atoms with van der Waals surface area (Å²) in [7, 11) is 0. The Kier molecular flexibility index (Phi) is 2.19. The zero-order valence-electron chi connectivity index (χ0n) is 8.44. The average Bonchev–Trinajstić information content (AvgIpc) is 2.73. The van der Waals surface area contributed by atoms with Gasteiger partial charge in [0.25, 0.3) is 0 Å². The van der Waals surface area contributed by atoms with E-state index in [9.17, 15) is 4.79 Å². The molecule has 86 valence electrons. The lowest BCUT2D eigenvalue weighted by Gasteiger charge is -2.05. The molecule has 1 aromatic heterocycles. The zero-order valence-corrected chi connectivity index (χ0v) is 10.0. The van der Waals surface area contributed by atoms with Gasteiger partial charge >= 0.3 is 5.97 Å². The minimum absolute atomic E-state index is 0.122. The summed E-state index contributed by atoms with van der Waals surface area (Å²) < 4.78 is 11.0. The van der Waals surface area contributed by atoms with E-state index < -0.39 is 5.97 Å². The maximum absolute atomic E-state index is 11.0. The van der Waals surface area contributed by atoms with Crippen LogP contribution in [0, 0.1) is 0 Å². The van der Waals surface area contributed by atoms with Crippen LogP contribution in [0.3, 0.4) is 0 Å². The van der Waals surface area contributed by atoms with Crippen molar-refractivity contribution in [3.63, 3.8) is 0 Å². The topological polar surface area (TPSA) is 68.7 Å². The van der Waals surface area contributed by atoms with Crippen molar-refractivity contribution in [2.24, 2.45) is 0 Å². The second-order valence-electron chi connectivity index (χ2n) is 3.51. The molecule has 0 atom stereocenters. The third-order valence-corrected chi connectivity index (χ3v) is 3.38. The third kappa shape index (κ3) is 1.52. The van der Waals surface area contributed by atoms with Gasteiger partial charge in [-0.15, -0.1) is 0 Å². The lowest BCUT2D eigenvalue weighted by Crippen LogP contribution is -1.99. The smallest absolute Gasteiger partial charge is 0.338 e. The molecule has 5 nitrogen and oxygen atoms in total. The first kappa shape index (κ1) is 10.3. The van der Waals surface area contributed by atoms with Crippen molar-refractivity contribution in [2.45, 2.75) is 0 Å². The Morgan fingerprint density at radius 2 is 2.06 bits per heavy atom. The van der Waals surface area contributed by atoms with Gasteiger partial charge in [0, 0.05) is 22.1 Å². The van der Waals surface area contributed by atoms with Crippen LogP contribution in [-0.4, -0.2) is 22.9 Å². The quantitative estimate of drug-likeness (QED) is 0.875. The lowest BCUT2D eigenvalue weighted by atomic mass is 10.1. The molecule has 0 bridgehead atoms. The van der Waals surface area contributed by atoms with Crippen LogP contribution in [0.25, 0.3) is 10.9 Å². The number of halogens is 1. The summed E-state index contributed by atoms with van der Waals surface area (Å²) in [6.07, 6.45) is 1.32. The molecule has 0 spiro atoms. The number of carbonyl (C=O) groups is 1. The van der Waals surface area contributed by atoms with Crippen LogP contribution in [0.4, 0.5) is 0 Å². The Morgan fingerprint density at radius 1 is 1.35 bits per heavy atom. The minimum Gasteiger partial charge on any atom is -0.478 e. The fourth-order valence-corrected chi connectivity index (χ4v) is 2.29. The van der Waals surface area contributed by atoms with Crippen molar-refractivity contribution < 1.29 is 19.4 Å². The van der Waals surface area contributed by atoms with E-state index in [1.165, 1.54) is 6.20 Å². The van der Waals surface area contributed by atoms with Gasteiger partial charge in [0.05, 0.1) is 11.1 Å². The van der Waals surface area contributed by atoms with Crippen molar-refractivity contribution in [3.8, 4) is 11.5 Å². The Hall–Kier alpha value is -1.82. The first-order valence-electron chi connectivity index (χ1n) is 4.78. The summed E-state index contributed by atoms with van der Waals surface area (Å²) >= 11 is 3.27. The largest absolute Gasteiger partial charge is 0.478 e. The SMILES string of the molecule is O=C(O)c1cnc2cc3c(cc2c1Br)OCO3. The van der Waals surface area contributed by atoms with E-state index in [0.29, 0.717) is 26.9 Å². The molecule has 17 heavy (non-hydrogen) atoms. The predicted octanol–water partition coefficient (Wildman–Crippen LogP) is 2.42. The predicted molar refractivity (Wildman–Crippen MR) is 62.5 cm³/mol. The van der Waals surface area contributed by atoms with Gasteiger partial charge < -0.3 is 14.6 Å². The van der Waals surface area contributed by atoms with Crippen molar-refractivity contribution >= 4 is 32.8 Å². The Morgan fingerprint density at radius 3 is 2.76 bits per heavy atom. The molecule has 0 radical (unpaired) electrons. The monoisotopic (exact) mass is 295 g/mol. The van der Waals surface area contributed by atoms with E-state index in [2.05, 4.69) is 20.9 Å². The molecule has 0 saturated heterocycles. The van der Waals surface area contributed by atoms with Crippen LogP contribution in [0.5, 0.6) is 11.5 Å². The van der Waals surface area contributed by atoms with E-state index in [1.807, 2.05) is 0 Å². The summed E-state index contributed by atoms with van der Waals surface area (Å²) in [5.41, 5.74) is 0.780. The maximum Gasteiger partial charge on any atom is 0.338 e. The third-order valence-electron chi connectivity index (χ3n) is 2.53. The van der Waals surface area contributed by atoms with Crippen molar-refractivity contribution in [1.82, 2.24) is 4.98 Å². The van der Waals surface area contributed by atoms with Gasteiger partial charge in [0.1, 0.15) is 0 Å². The number of rotatable bonds is 1. The fourth-order valence-electron chi connectivity index (χ4n) is 1.70. The molecular formula is C11H6BrNO4. The standard InChI is InChI=1S/C11H6BrNO4/c12-10-5-1-8-9(17-4-16-8)2-7(5)13-3-6(10)11(14)15/h1-3H,4H2,(H,14,15). The Balaban J connectivity index is 2.32. The highest BCUT2D eigenvalue weighted by atomic mass is 79.9. The van der Waals surface area contributed by atoms with Crippen molar-refractivity contribution in [2.75, 3.05) is 6.79 Å². The highest BCUT2D eigenvalue weighted by Crippen LogP contribution is 2.38. The normalized spacial score (nSPS) is 13.0. The second kappa shape index (κ2) is 3.59. The van der Waals surface area contributed by atoms with E-state index in [-0.39, 0.29) is 12.4 Å². The molecule has 3 rings (SSSR count). The Bertz CT molecular complexity index is 641. The number of carboxylic acid groups (broad SMARTS) is 1. The number of aromatic carboxylic acids is 1. The molecular weight excluding hydrogens is 290 g/mol. The number of fused-ring (bicyclic) bond motifs is 2. The summed E-state index contributed by atoms with van der Waals surface area (Å²) in [6, 6.07) is 3.45. The molecule has 0 unspecified atom stereocenters. The number of carboxylic acids is 1. The molecule has 1 aliphatic heterocycles. The summed E-state index contributed by atoms with van der Waals surface area (Å²) in [5, 5.41) is 9.68. The summed E-state index contributed by atoms with van der Waals surface area (Å²) in [4.78, 5) is 15.1. The van der Waals surface area contributed by atoms with Crippen LogP contribution in [0.15, 0.2) is 22.8 Å². The van der Waals surface area contributed by atoms with Crippen LogP contribution < -0.4 is 9.47 Å². The Labute approximate surface area is 104 Å². The number of hydrogen-bond donors (Lipinski definition) is 1. The summed E-state index contributed by atoms with van der Waals surface area (Å²) in [6.45, 7) is 0.176. The number of ether oxygens (including phenoxy) is 2. The molecule has 0 aliphatic carbocycles. The molecule has 1 N–H and O–H groups in total. The number of aromatic nitrogens is 1. The van der Waals surface area contributed by atoms with Crippen LogP contribution >= 0.6 is 15.9 Å². The molecule has 1 aromatic carbocycles. The van der Waals surface area contributed by atoms with E-state index >= 15 is 0 Å². The van der Waals surface area contributed by atoms with Gasteiger partial charge in [-0.05, 0) is 22.0 Å². The number of hydrogen-bond acceptors (Lipinski definition) is 4. The highest BCUT2D eigenvalue weighted by Gasteiger charge is 2.18. The van der Waals surface area contributed by atoms with Gasteiger partial charge in [-0.1, -0.05) is 0 Å². The second-order valence-corrected chi connectivity index (χ2v) is 4.31. The average molecular weight is 296 g/mol. The van der Waals surface area contributed by atoms with Gasteiger partial charge in [0.15, 0.2) is 11.5 Å². The van der Waals surface area contributed by atoms with Crippen molar-refractivity contribution in [1.29, 1.82) is 0 Å².